The summed E-state index contributed by atoms with van der Waals surface area (Å²) in [6.07, 6.45) is 0. The van der Waals surface area contributed by atoms with E-state index in [0.29, 0.717) is 6.07 Å². The molecule has 0 heterocycles. The van der Waals surface area contributed by atoms with Gasteiger partial charge in [-0.3, -0.25) is 0 Å². The minimum absolute atomic E-state index is 0.277. The average molecular weight is 257 g/mol. The highest BCUT2D eigenvalue weighted by Gasteiger charge is 2.66. The van der Waals surface area contributed by atoms with Crippen LogP contribution in [0.3, 0.4) is 0 Å². The lowest BCUT2D eigenvalue weighted by Crippen LogP contribution is -2.09. The largest absolute Gasteiger partial charge is 0.259 e. The van der Waals surface area contributed by atoms with Crippen molar-refractivity contribution in [2.45, 2.75) is 4.90 Å². The van der Waals surface area contributed by atoms with E-state index >= 15 is 0 Å². The standard InChI is InChI=1S/C6H3ClF6S/c7-14(10,11,12,13)6-4(8)2-1-3-5(6)9/h1-3H. The van der Waals surface area contributed by atoms with Crippen LogP contribution in [0.4, 0.5) is 24.3 Å². The van der Waals surface area contributed by atoms with E-state index in [1.807, 2.05) is 0 Å². The average Bonchev–Trinajstić information content (AvgIpc) is 1.78. The molecule has 1 rings (SSSR count). The fourth-order valence-corrected chi connectivity index (χ4v) is 2.17. The SMILES string of the molecule is Fc1cccc(F)c1S(F)(F)(F)(F)Cl. The molecule has 1 aromatic rings. The Morgan fingerprint density at radius 3 is 1.50 bits per heavy atom. The third-order valence-corrected chi connectivity index (χ3v) is 2.93. The molecular formula is C6H3ClF6S. The van der Waals surface area contributed by atoms with Crippen molar-refractivity contribution >= 4 is 19.7 Å². The fraction of sp³-hybridized carbons (Fsp3) is 0. The summed E-state index contributed by atoms with van der Waals surface area (Å²) in [6.45, 7) is 0. The van der Waals surface area contributed by atoms with Crippen LogP contribution >= 0.6 is 19.7 Å². The summed E-state index contributed by atoms with van der Waals surface area (Å²) < 4.78 is 74.8. The predicted octanol–water partition coefficient (Wildman–Crippen LogP) is 4.89. The maximum absolute atomic E-state index is 12.6. The summed E-state index contributed by atoms with van der Waals surface area (Å²) in [5.74, 6) is -4.15. The van der Waals surface area contributed by atoms with Gasteiger partial charge in [0, 0.05) is 10.7 Å². The molecule has 0 radical (unpaired) electrons. The minimum atomic E-state index is -9.30. The van der Waals surface area contributed by atoms with E-state index in [-0.39, 0.29) is 12.1 Å². The van der Waals surface area contributed by atoms with Crippen LogP contribution < -0.4 is 0 Å². The summed E-state index contributed by atoms with van der Waals surface area (Å²) >= 11 is 0. The Bertz CT molecular complexity index is 362. The second-order valence-corrected chi connectivity index (χ2v) is 6.73. The molecule has 0 unspecified atom stereocenters. The summed E-state index contributed by atoms with van der Waals surface area (Å²) in [6, 6.07) is 1.23. The van der Waals surface area contributed by atoms with Crippen molar-refractivity contribution in [1.29, 1.82) is 0 Å². The maximum atomic E-state index is 12.6. The van der Waals surface area contributed by atoms with Gasteiger partial charge in [0.25, 0.3) is 9.05 Å². The zero-order valence-electron chi connectivity index (χ0n) is 6.29. The zero-order valence-corrected chi connectivity index (χ0v) is 7.86. The van der Waals surface area contributed by atoms with Gasteiger partial charge in [-0.25, -0.2) is 8.78 Å². The third-order valence-electron chi connectivity index (χ3n) is 1.30. The molecule has 0 atom stereocenters. The van der Waals surface area contributed by atoms with Crippen LogP contribution in [-0.4, -0.2) is 0 Å². The molecule has 1 aromatic carbocycles. The predicted molar refractivity (Wildman–Crippen MR) is 42.5 cm³/mol. The van der Waals surface area contributed by atoms with Crippen LogP contribution in [0.5, 0.6) is 0 Å². The molecule has 0 saturated carbocycles. The first-order valence-corrected chi connectivity index (χ1v) is 5.97. The number of halogens is 7. The molecule has 0 aliphatic heterocycles. The van der Waals surface area contributed by atoms with Crippen LogP contribution in [0.25, 0.3) is 0 Å². The molecule has 0 bridgehead atoms. The van der Waals surface area contributed by atoms with E-state index in [1.165, 1.54) is 0 Å². The van der Waals surface area contributed by atoms with Crippen molar-refractivity contribution in [2.24, 2.45) is 0 Å². The van der Waals surface area contributed by atoms with Gasteiger partial charge in [0.05, 0.1) is 0 Å². The molecule has 0 nitrogen and oxygen atoms in total. The summed E-state index contributed by atoms with van der Waals surface area (Å²) in [7, 11) is -5.55. The number of hydrogen-bond acceptors (Lipinski definition) is 0. The van der Waals surface area contributed by atoms with Gasteiger partial charge in [0.15, 0.2) is 4.90 Å². The Kier molecular flexibility index (Phi) is 1.92. The lowest BCUT2D eigenvalue weighted by atomic mass is 10.3. The van der Waals surface area contributed by atoms with E-state index in [1.54, 1.807) is 0 Å². The molecule has 0 N–H and O–H groups in total. The molecule has 82 valence electrons. The molecule has 8 heteroatoms. The van der Waals surface area contributed by atoms with Crippen molar-refractivity contribution in [3.05, 3.63) is 29.8 Å². The van der Waals surface area contributed by atoms with E-state index < -0.39 is 25.6 Å². The van der Waals surface area contributed by atoms with Gasteiger partial charge >= 0.3 is 0 Å². The summed E-state index contributed by atoms with van der Waals surface area (Å²) in [5.41, 5.74) is 0. The van der Waals surface area contributed by atoms with E-state index in [9.17, 15) is 24.3 Å². The second kappa shape index (κ2) is 2.33. The maximum Gasteiger partial charge on any atom is 0.259 e. The topological polar surface area (TPSA) is 0 Å². The Balaban J connectivity index is 3.66. The van der Waals surface area contributed by atoms with Gasteiger partial charge in [-0.05, 0) is 12.1 Å². The number of hydrogen-bond donors (Lipinski definition) is 0. The lowest BCUT2D eigenvalue weighted by Gasteiger charge is -2.42. The Labute approximate surface area is 79.4 Å². The first-order chi connectivity index (χ1) is 5.91. The smallest absolute Gasteiger partial charge is 0.205 e. The van der Waals surface area contributed by atoms with Gasteiger partial charge in [0.2, 0.25) is 0 Å². The fourth-order valence-electron chi connectivity index (χ4n) is 0.851. The zero-order chi connectivity index (χ0) is 11.3. The van der Waals surface area contributed by atoms with E-state index in [0.717, 1.165) is 0 Å². The molecule has 0 saturated heterocycles. The first kappa shape index (κ1) is 11.5. The van der Waals surface area contributed by atoms with Crippen molar-refractivity contribution in [3.8, 4) is 0 Å². The number of benzene rings is 1. The minimum Gasteiger partial charge on any atom is -0.205 e. The highest BCUT2D eigenvalue weighted by molar-refractivity contribution is 8.65. The van der Waals surface area contributed by atoms with E-state index in [4.69, 9.17) is 0 Å². The van der Waals surface area contributed by atoms with Crippen LogP contribution in [-0.2, 0) is 0 Å². The summed E-state index contributed by atoms with van der Waals surface area (Å²) in [5, 5.41) is 0. The van der Waals surface area contributed by atoms with Crippen molar-refractivity contribution < 1.29 is 24.3 Å². The highest BCUT2D eigenvalue weighted by atomic mass is 35.7. The van der Waals surface area contributed by atoms with Gasteiger partial charge in [-0.1, -0.05) is 6.07 Å². The highest BCUT2D eigenvalue weighted by Crippen LogP contribution is 3.04. The summed E-state index contributed by atoms with van der Waals surface area (Å²) in [4.78, 5) is -2.66. The lowest BCUT2D eigenvalue weighted by molar-refractivity contribution is 0.440. The molecule has 0 aliphatic carbocycles. The van der Waals surface area contributed by atoms with Crippen LogP contribution in [0.15, 0.2) is 23.1 Å². The van der Waals surface area contributed by atoms with E-state index in [2.05, 4.69) is 10.7 Å². The van der Waals surface area contributed by atoms with Crippen LogP contribution in [0.2, 0.25) is 0 Å². The third kappa shape index (κ3) is 2.27. The normalized spacial score (nSPS) is 17.4. The molecular weight excluding hydrogens is 254 g/mol. The van der Waals surface area contributed by atoms with Gasteiger partial charge in [-0.15, -0.1) is 15.5 Å². The molecule has 0 fully saturated rings. The Hall–Kier alpha value is -0.560. The monoisotopic (exact) mass is 256 g/mol. The quantitative estimate of drug-likeness (QED) is 0.628. The molecule has 0 amide bonds. The Morgan fingerprint density at radius 2 is 1.29 bits per heavy atom. The molecule has 0 aliphatic rings. The van der Waals surface area contributed by atoms with Crippen molar-refractivity contribution in [2.75, 3.05) is 0 Å². The van der Waals surface area contributed by atoms with Crippen LogP contribution in [0, 0.1) is 11.6 Å². The molecule has 14 heavy (non-hydrogen) atoms. The molecule has 0 aromatic heterocycles. The van der Waals surface area contributed by atoms with Crippen molar-refractivity contribution in [1.82, 2.24) is 0 Å². The first-order valence-electron chi connectivity index (χ1n) is 3.10. The second-order valence-electron chi connectivity index (χ2n) is 2.52. The van der Waals surface area contributed by atoms with Gasteiger partial charge in [-0.2, -0.15) is 0 Å². The Morgan fingerprint density at radius 1 is 0.929 bits per heavy atom. The van der Waals surface area contributed by atoms with Gasteiger partial charge < -0.3 is 0 Å². The molecule has 0 spiro atoms. The van der Waals surface area contributed by atoms with Crippen molar-refractivity contribution in [3.63, 3.8) is 0 Å². The van der Waals surface area contributed by atoms with Crippen LogP contribution in [0.1, 0.15) is 0 Å². The van der Waals surface area contributed by atoms with Gasteiger partial charge in [0.1, 0.15) is 11.6 Å². The number of rotatable bonds is 1.